The number of nitrogens with one attached hydrogen (secondary N) is 1. The topological polar surface area (TPSA) is 89.5 Å². The highest BCUT2D eigenvalue weighted by atomic mass is 32.2. The lowest BCUT2D eigenvalue weighted by molar-refractivity contribution is -0.119. The molecule has 8 heteroatoms. The van der Waals surface area contributed by atoms with Gasteiger partial charge in [-0.25, -0.2) is 13.2 Å². The molecule has 0 aliphatic rings. The molecule has 25 heavy (non-hydrogen) atoms. The van der Waals surface area contributed by atoms with Crippen LogP contribution >= 0.6 is 11.3 Å². The van der Waals surface area contributed by atoms with Crippen molar-refractivity contribution in [3.8, 4) is 0 Å². The number of para-hydroxylation sites is 1. The lowest BCUT2D eigenvalue weighted by atomic mass is 10.2. The Hall–Kier alpha value is -2.19. The molecule has 1 amide bonds. The van der Waals surface area contributed by atoms with Gasteiger partial charge >= 0.3 is 5.97 Å². The van der Waals surface area contributed by atoms with E-state index in [4.69, 9.17) is 4.74 Å². The minimum absolute atomic E-state index is 0.0103. The third-order valence-corrected chi connectivity index (χ3v) is 5.95. The minimum Gasteiger partial charge on any atom is -0.451 e. The largest absolute Gasteiger partial charge is 0.451 e. The Kier molecular flexibility index (Phi) is 5.97. The Balaban J connectivity index is 2.01. The van der Waals surface area contributed by atoms with Gasteiger partial charge in [0.2, 0.25) is 0 Å². The molecule has 0 saturated heterocycles. The van der Waals surface area contributed by atoms with Crippen LogP contribution in [0.2, 0.25) is 0 Å². The van der Waals surface area contributed by atoms with Gasteiger partial charge in [0.05, 0.1) is 10.6 Å². The molecule has 134 valence electrons. The number of anilines is 1. The zero-order valence-corrected chi connectivity index (χ0v) is 15.8. The second-order valence-electron chi connectivity index (χ2n) is 5.46. The van der Waals surface area contributed by atoms with Crippen LogP contribution in [-0.2, 0) is 25.8 Å². The molecular weight excluding hydrogens is 362 g/mol. The van der Waals surface area contributed by atoms with Crippen LogP contribution in [0.15, 0.2) is 35.2 Å². The van der Waals surface area contributed by atoms with Crippen LogP contribution in [0, 0.1) is 6.92 Å². The lowest BCUT2D eigenvalue weighted by Crippen LogP contribution is -2.21. The van der Waals surface area contributed by atoms with Gasteiger partial charge in [0.15, 0.2) is 16.4 Å². The van der Waals surface area contributed by atoms with Crippen molar-refractivity contribution in [2.45, 2.75) is 25.2 Å². The van der Waals surface area contributed by atoms with Gasteiger partial charge in [-0.05, 0) is 37.1 Å². The third-order valence-electron chi connectivity index (χ3n) is 3.44. The van der Waals surface area contributed by atoms with Gasteiger partial charge in [-0.2, -0.15) is 0 Å². The van der Waals surface area contributed by atoms with Gasteiger partial charge < -0.3 is 10.1 Å². The number of esters is 1. The maximum Gasteiger partial charge on any atom is 0.348 e. The lowest BCUT2D eigenvalue weighted by Gasteiger charge is -2.09. The number of rotatable bonds is 6. The second kappa shape index (κ2) is 7.79. The summed E-state index contributed by atoms with van der Waals surface area (Å²) in [5.41, 5.74) is 1.18. The Morgan fingerprint density at radius 3 is 2.52 bits per heavy atom. The maximum atomic E-state index is 12.0. The molecule has 0 spiro atoms. The molecule has 1 N–H and O–H groups in total. The van der Waals surface area contributed by atoms with E-state index in [2.05, 4.69) is 5.32 Å². The number of hydrogen-bond acceptors (Lipinski definition) is 6. The first-order valence-electron chi connectivity index (χ1n) is 7.57. The summed E-state index contributed by atoms with van der Waals surface area (Å²) in [6, 6.07) is 7.79. The Bertz CT molecular complexity index is 900. The Labute approximate surface area is 150 Å². The van der Waals surface area contributed by atoms with Crippen LogP contribution in [-0.4, -0.2) is 33.2 Å². The molecular formula is C17H19NO5S2. The maximum absolute atomic E-state index is 12.0. The second-order valence-corrected chi connectivity index (χ2v) is 8.58. The minimum atomic E-state index is -3.48. The van der Waals surface area contributed by atoms with Crippen LogP contribution in [0.4, 0.5) is 5.69 Å². The van der Waals surface area contributed by atoms with Crippen molar-refractivity contribution in [1.82, 2.24) is 0 Å². The van der Waals surface area contributed by atoms with Gasteiger partial charge in [-0.15, -0.1) is 11.3 Å². The number of hydrogen-bond donors (Lipinski definition) is 1. The molecule has 0 radical (unpaired) electrons. The Morgan fingerprint density at radius 1 is 1.24 bits per heavy atom. The van der Waals surface area contributed by atoms with Crippen molar-refractivity contribution in [3.05, 3.63) is 45.6 Å². The predicted octanol–water partition coefficient (Wildman–Crippen LogP) is 2.82. The molecule has 1 heterocycles. The number of benzene rings is 1. The summed E-state index contributed by atoms with van der Waals surface area (Å²) in [5.74, 6) is -1.17. The van der Waals surface area contributed by atoms with E-state index in [1.54, 1.807) is 18.2 Å². The zero-order chi connectivity index (χ0) is 18.6. The van der Waals surface area contributed by atoms with Gasteiger partial charge in [-0.3, -0.25) is 4.79 Å². The van der Waals surface area contributed by atoms with Crippen molar-refractivity contribution in [3.63, 3.8) is 0 Å². The van der Waals surface area contributed by atoms with Gasteiger partial charge in [0, 0.05) is 11.1 Å². The molecule has 0 fully saturated rings. The molecule has 0 atom stereocenters. The summed E-state index contributed by atoms with van der Waals surface area (Å²) in [6.07, 6.45) is 1.88. The highest BCUT2D eigenvalue weighted by Gasteiger charge is 2.17. The molecule has 0 aliphatic heterocycles. The third kappa shape index (κ3) is 4.90. The average molecular weight is 381 g/mol. The number of ether oxygens (including phenoxy) is 1. The van der Waals surface area contributed by atoms with E-state index in [0.29, 0.717) is 4.88 Å². The van der Waals surface area contributed by atoms with E-state index >= 15 is 0 Å². The van der Waals surface area contributed by atoms with E-state index in [0.717, 1.165) is 23.1 Å². The molecule has 0 aliphatic carbocycles. The summed E-state index contributed by atoms with van der Waals surface area (Å²) in [7, 11) is -3.48. The average Bonchev–Trinajstić information content (AvgIpc) is 2.93. The van der Waals surface area contributed by atoms with Crippen molar-refractivity contribution >= 4 is 38.7 Å². The molecule has 1 aromatic carbocycles. The first-order valence-corrected chi connectivity index (χ1v) is 10.3. The van der Waals surface area contributed by atoms with Crippen LogP contribution in [0.1, 0.15) is 27.0 Å². The fourth-order valence-corrected chi connectivity index (χ4v) is 4.11. The first-order chi connectivity index (χ1) is 11.7. The molecule has 2 aromatic rings. The number of carbonyl (C=O) groups excluding carboxylic acids is 2. The quantitative estimate of drug-likeness (QED) is 0.777. The highest BCUT2D eigenvalue weighted by molar-refractivity contribution is 7.90. The molecule has 0 bridgehead atoms. The van der Waals surface area contributed by atoms with Crippen molar-refractivity contribution < 1.29 is 22.7 Å². The molecule has 2 rings (SSSR count). The van der Waals surface area contributed by atoms with Gasteiger partial charge in [-0.1, -0.05) is 19.1 Å². The summed E-state index contributed by atoms with van der Waals surface area (Å²) in [6.45, 7) is 3.43. The highest BCUT2D eigenvalue weighted by Crippen LogP contribution is 2.23. The van der Waals surface area contributed by atoms with Crippen LogP contribution in [0.5, 0.6) is 0 Å². The first kappa shape index (κ1) is 19.1. The van der Waals surface area contributed by atoms with E-state index in [-0.39, 0.29) is 10.6 Å². The van der Waals surface area contributed by atoms with Crippen LogP contribution < -0.4 is 5.32 Å². The van der Waals surface area contributed by atoms with E-state index < -0.39 is 28.3 Å². The number of thiophene rings is 1. The fourth-order valence-electron chi connectivity index (χ4n) is 2.25. The van der Waals surface area contributed by atoms with Crippen molar-refractivity contribution in [2.24, 2.45) is 0 Å². The van der Waals surface area contributed by atoms with Crippen molar-refractivity contribution in [1.29, 1.82) is 0 Å². The van der Waals surface area contributed by atoms with Gasteiger partial charge in [0.25, 0.3) is 5.91 Å². The van der Waals surface area contributed by atoms with Gasteiger partial charge in [0.1, 0.15) is 4.88 Å². The molecule has 0 saturated carbocycles. The summed E-state index contributed by atoms with van der Waals surface area (Å²) < 4.78 is 28.4. The standard InChI is InChI=1S/C17H19NO5S2/c1-4-13-11(2)9-14(24-13)17(20)23-10-16(19)18-12-7-5-6-8-15(12)25(3,21)22/h5-9H,4,10H2,1-3H3,(H,18,19). The molecule has 6 nitrogen and oxygen atoms in total. The summed E-state index contributed by atoms with van der Waals surface area (Å²) in [5, 5.41) is 2.46. The van der Waals surface area contributed by atoms with E-state index in [1.807, 2.05) is 13.8 Å². The van der Waals surface area contributed by atoms with Crippen LogP contribution in [0.3, 0.4) is 0 Å². The normalized spacial score (nSPS) is 11.2. The summed E-state index contributed by atoms with van der Waals surface area (Å²) in [4.78, 5) is 25.5. The number of carbonyl (C=O) groups is 2. The monoisotopic (exact) mass is 381 g/mol. The molecule has 0 unspecified atom stereocenters. The molecule has 1 aromatic heterocycles. The van der Waals surface area contributed by atoms with E-state index in [1.165, 1.54) is 23.5 Å². The summed E-state index contributed by atoms with van der Waals surface area (Å²) >= 11 is 1.34. The Morgan fingerprint density at radius 2 is 1.92 bits per heavy atom. The number of aryl methyl sites for hydroxylation is 2. The zero-order valence-electron chi connectivity index (χ0n) is 14.2. The fraction of sp³-hybridized carbons (Fsp3) is 0.294. The number of amides is 1. The SMILES string of the molecule is CCc1sc(C(=O)OCC(=O)Nc2ccccc2S(C)(=O)=O)cc1C. The van der Waals surface area contributed by atoms with Crippen molar-refractivity contribution in [2.75, 3.05) is 18.2 Å². The van der Waals surface area contributed by atoms with Crippen LogP contribution in [0.25, 0.3) is 0 Å². The smallest absolute Gasteiger partial charge is 0.348 e. The predicted molar refractivity (Wildman–Crippen MR) is 96.9 cm³/mol. The van der Waals surface area contributed by atoms with E-state index in [9.17, 15) is 18.0 Å². The number of sulfone groups is 1.